The number of hydrogen-bond acceptors (Lipinski definition) is 5. The molecular formula is C12H10N2O4. The lowest BCUT2D eigenvalue weighted by atomic mass is 10.1. The van der Waals surface area contributed by atoms with Crippen molar-refractivity contribution in [3.8, 4) is 6.07 Å². The van der Waals surface area contributed by atoms with E-state index in [2.05, 4.69) is 4.74 Å². The van der Waals surface area contributed by atoms with Crippen LogP contribution in [-0.2, 0) is 9.53 Å². The maximum absolute atomic E-state index is 11.0. The number of methoxy groups -OCH3 is 1. The van der Waals surface area contributed by atoms with Gasteiger partial charge < -0.3 is 4.74 Å². The number of benzene rings is 1. The molecule has 6 heteroatoms. The summed E-state index contributed by atoms with van der Waals surface area (Å²) in [5.41, 5.74) is 0.272. The molecule has 1 aromatic carbocycles. The third-order valence-electron chi connectivity index (χ3n) is 2.17. The number of nitro benzene ring substituents is 1. The van der Waals surface area contributed by atoms with Gasteiger partial charge in [-0.2, -0.15) is 5.26 Å². The summed E-state index contributed by atoms with van der Waals surface area (Å²) in [6.45, 7) is 0. The monoisotopic (exact) mass is 246 g/mol. The van der Waals surface area contributed by atoms with Gasteiger partial charge in [-0.25, -0.2) is 0 Å². The molecule has 0 aromatic heterocycles. The largest absolute Gasteiger partial charge is 0.469 e. The Morgan fingerprint density at radius 3 is 2.78 bits per heavy atom. The summed E-state index contributed by atoms with van der Waals surface area (Å²) < 4.78 is 4.43. The molecule has 0 saturated heterocycles. The summed E-state index contributed by atoms with van der Waals surface area (Å²) >= 11 is 0. The smallest absolute Gasteiger partial charge is 0.310 e. The fourth-order valence-corrected chi connectivity index (χ4v) is 1.31. The van der Waals surface area contributed by atoms with E-state index in [1.807, 2.05) is 6.07 Å². The Hall–Kier alpha value is -2.68. The first kappa shape index (κ1) is 13.4. The lowest BCUT2D eigenvalue weighted by Crippen LogP contribution is -2.01. The average molecular weight is 246 g/mol. The van der Waals surface area contributed by atoms with Gasteiger partial charge in [-0.3, -0.25) is 14.9 Å². The molecule has 0 aliphatic carbocycles. The van der Waals surface area contributed by atoms with Gasteiger partial charge >= 0.3 is 5.97 Å². The van der Waals surface area contributed by atoms with Gasteiger partial charge in [0.2, 0.25) is 0 Å². The SMILES string of the molecule is COC(=O)C/C(C#N)=C\c1ccccc1[N+](=O)[O-]. The van der Waals surface area contributed by atoms with E-state index in [9.17, 15) is 14.9 Å². The number of para-hydroxylation sites is 1. The zero-order valence-corrected chi connectivity index (χ0v) is 9.62. The highest BCUT2D eigenvalue weighted by molar-refractivity contribution is 5.77. The van der Waals surface area contributed by atoms with E-state index < -0.39 is 10.9 Å². The van der Waals surface area contributed by atoms with Crippen LogP contribution in [0.25, 0.3) is 6.08 Å². The second-order valence-electron chi connectivity index (χ2n) is 3.35. The van der Waals surface area contributed by atoms with Crippen LogP contribution in [-0.4, -0.2) is 18.0 Å². The van der Waals surface area contributed by atoms with Crippen molar-refractivity contribution in [2.75, 3.05) is 7.11 Å². The molecule has 0 heterocycles. The summed E-state index contributed by atoms with van der Waals surface area (Å²) in [6, 6.07) is 7.81. The van der Waals surface area contributed by atoms with Gasteiger partial charge in [0.15, 0.2) is 0 Å². The number of nitriles is 1. The predicted molar refractivity (Wildman–Crippen MR) is 63.3 cm³/mol. The van der Waals surface area contributed by atoms with Crippen LogP contribution in [0.3, 0.4) is 0 Å². The molecule has 0 atom stereocenters. The van der Waals surface area contributed by atoms with Gasteiger partial charge in [0.1, 0.15) is 0 Å². The van der Waals surface area contributed by atoms with E-state index in [-0.39, 0.29) is 23.2 Å². The van der Waals surface area contributed by atoms with E-state index in [0.717, 1.165) is 0 Å². The molecule has 92 valence electrons. The molecule has 0 radical (unpaired) electrons. The summed E-state index contributed by atoms with van der Waals surface area (Å²) in [5.74, 6) is -0.568. The van der Waals surface area contributed by atoms with E-state index in [0.29, 0.717) is 0 Å². The number of hydrogen-bond donors (Lipinski definition) is 0. The summed E-state index contributed by atoms with van der Waals surface area (Å²) in [4.78, 5) is 21.3. The van der Waals surface area contributed by atoms with Crippen molar-refractivity contribution in [3.63, 3.8) is 0 Å². The Balaban J connectivity index is 3.10. The predicted octanol–water partition coefficient (Wildman–Crippen LogP) is 2.06. The molecule has 0 aliphatic rings. The van der Waals surface area contributed by atoms with Crippen molar-refractivity contribution in [2.45, 2.75) is 6.42 Å². The standard InChI is InChI=1S/C12H10N2O4/c1-18-12(15)7-9(8-13)6-10-4-2-3-5-11(10)14(16)17/h2-6H,7H2,1H3/b9-6+. The molecule has 6 nitrogen and oxygen atoms in total. The van der Waals surface area contributed by atoms with Crippen LogP contribution in [0.5, 0.6) is 0 Å². The normalized spacial score (nSPS) is 10.6. The second kappa shape index (κ2) is 6.15. The van der Waals surface area contributed by atoms with E-state index in [1.54, 1.807) is 6.07 Å². The molecular weight excluding hydrogens is 236 g/mol. The zero-order chi connectivity index (χ0) is 13.5. The van der Waals surface area contributed by atoms with Crippen molar-refractivity contribution in [1.82, 2.24) is 0 Å². The van der Waals surface area contributed by atoms with E-state index >= 15 is 0 Å². The number of nitrogens with zero attached hydrogens (tertiary/aromatic N) is 2. The first-order valence-corrected chi connectivity index (χ1v) is 4.99. The number of ether oxygens (including phenoxy) is 1. The topological polar surface area (TPSA) is 93.2 Å². The molecule has 0 aliphatic heterocycles. The fraction of sp³-hybridized carbons (Fsp3) is 0.167. The number of nitro groups is 1. The van der Waals surface area contributed by atoms with E-state index in [1.165, 1.54) is 31.4 Å². The van der Waals surface area contributed by atoms with Crippen molar-refractivity contribution < 1.29 is 14.5 Å². The Morgan fingerprint density at radius 1 is 1.56 bits per heavy atom. The van der Waals surface area contributed by atoms with Gasteiger partial charge in [-0.1, -0.05) is 12.1 Å². The Morgan fingerprint density at radius 2 is 2.22 bits per heavy atom. The van der Waals surface area contributed by atoms with Crippen LogP contribution in [0.4, 0.5) is 5.69 Å². The maximum Gasteiger partial charge on any atom is 0.310 e. The molecule has 0 saturated carbocycles. The van der Waals surface area contributed by atoms with Crippen LogP contribution in [0.2, 0.25) is 0 Å². The van der Waals surface area contributed by atoms with Crippen molar-refractivity contribution in [1.29, 1.82) is 5.26 Å². The molecule has 1 rings (SSSR count). The average Bonchev–Trinajstić information content (AvgIpc) is 2.38. The minimum Gasteiger partial charge on any atom is -0.469 e. The van der Waals surface area contributed by atoms with Crippen molar-refractivity contribution in [3.05, 3.63) is 45.5 Å². The summed E-state index contributed by atoms with van der Waals surface area (Å²) in [6.07, 6.45) is 1.11. The number of carbonyl (C=O) groups excluding carboxylic acids is 1. The number of esters is 1. The Bertz CT molecular complexity index is 543. The highest BCUT2D eigenvalue weighted by atomic mass is 16.6. The molecule has 18 heavy (non-hydrogen) atoms. The lowest BCUT2D eigenvalue weighted by Gasteiger charge is -1.99. The third-order valence-corrected chi connectivity index (χ3v) is 2.17. The van der Waals surface area contributed by atoms with Crippen LogP contribution < -0.4 is 0 Å². The van der Waals surface area contributed by atoms with Gasteiger partial charge in [0, 0.05) is 11.6 Å². The Kier molecular flexibility index (Phi) is 4.58. The van der Waals surface area contributed by atoms with E-state index in [4.69, 9.17) is 5.26 Å². The van der Waals surface area contributed by atoms with Crippen molar-refractivity contribution in [2.24, 2.45) is 0 Å². The molecule has 0 bridgehead atoms. The van der Waals surface area contributed by atoms with Crippen LogP contribution in [0.1, 0.15) is 12.0 Å². The van der Waals surface area contributed by atoms with Crippen LogP contribution >= 0.6 is 0 Å². The number of carbonyl (C=O) groups is 1. The minimum atomic E-state index is -0.568. The lowest BCUT2D eigenvalue weighted by molar-refractivity contribution is -0.385. The third kappa shape index (κ3) is 3.42. The molecule has 0 fully saturated rings. The first-order chi connectivity index (χ1) is 8.58. The quantitative estimate of drug-likeness (QED) is 0.351. The van der Waals surface area contributed by atoms with Gasteiger partial charge in [0.25, 0.3) is 5.69 Å². The molecule has 0 unspecified atom stereocenters. The van der Waals surface area contributed by atoms with Gasteiger partial charge in [-0.15, -0.1) is 0 Å². The first-order valence-electron chi connectivity index (χ1n) is 4.99. The highest BCUT2D eigenvalue weighted by Gasteiger charge is 2.12. The molecule has 0 spiro atoms. The van der Waals surface area contributed by atoms with Crippen molar-refractivity contribution >= 4 is 17.7 Å². The minimum absolute atomic E-state index is 0.108. The van der Waals surface area contributed by atoms with Crippen LogP contribution in [0, 0.1) is 21.4 Å². The summed E-state index contributed by atoms with van der Waals surface area (Å²) in [5, 5.41) is 19.6. The maximum atomic E-state index is 11.0. The molecule has 1 aromatic rings. The molecule has 0 amide bonds. The Labute approximate surface area is 103 Å². The van der Waals surface area contributed by atoms with Crippen LogP contribution in [0.15, 0.2) is 29.8 Å². The second-order valence-corrected chi connectivity index (χ2v) is 3.35. The molecule has 0 N–H and O–H groups in total. The summed E-state index contributed by atoms with van der Waals surface area (Å²) in [7, 11) is 1.21. The van der Waals surface area contributed by atoms with Gasteiger partial charge in [0.05, 0.1) is 30.1 Å². The highest BCUT2D eigenvalue weighted by Crippen LogP contribution is 2.21. The fourth-order valence-electron chi connectivity index (χ4n) is 1.31. The van der Waals surface area contributed by atoms with Gasteiger partial charge in [-0.05, 0) is 12.1 Å². The number of rotatable bonds is 4. The zero-order valence-electron chi connectivity index (χ0n) is 9.62.